The van der Waals surface area contributed by atoms with Gasteiger partial charge in [-0.25, -0.2) is 8.42 Å². The first-order valence-electron chi connectivity index (χ1n) is 8.98. The van der Waals surface area contributed by atoms with Crippen molar-refractivity contribution in [1.82, 2.24) is 14.4 Å². The molecule has 2 amide bonds. The first kappa shape index (κ1) is 21.4. The Labute approximate surface area is 172 Å². The lowest BCUT2D eigenvalue weighted by atomic mass is 10.2. The number of aromatic nitrogens is 1. The number of piperazine rings is 1. The molecule has 0 spiro atoms. The molecule has 158 valence electrons. The SMILES string of the molecule is Cc1noc(C)c1S(=O)(=O)N1CCN(C(C)C(=O)Nc2sccc2C(N)=O)CC1. The van der Waals surface area contributed by atoms with E-state index < -0.39 is 22.0 Å². The van der Waals surface area contributed by atoms with Crippen molar-refractivity contribution in [3.63, 3.8) is 0 Å². The van der Waals surface area contributed by atoms with Crippen LogP contribution in [0.5, 0.6) is 0 Å². The monoisotopic (exact) mass is 441 g/mol. The Morgan fingerprint density at radius 1 is 1.28 bits per heavy atom. The van der Waals surface area contributed by atoms with Gasteiger partial charge in [-0.3, -0.25) is 14.5 Å². The molecule has 0 aromatic carbocycles. The minimum absolute atomic E-state index is 0.105. The topological polar surface area (TPSA) is 139 Å². The zero-order valence-corrected chi connectivity index (χ0v) is 18.0. The number of hydrogen-bond acceptors (Lipinski definition) is 8. The highest BCUT2D eigenvalue weighted by atomic mass is 32.2. The molecule has 2 aromatic heterocycles. The second kappa shape index (κ2) is 8.22. The maximum Gasteiger partial charge on any atom is 0.251 e. The number of carbonyl (C=O) groups is 2. The van der Waals surface area contributed by atoms with Gasteiger partial charge in [-0.2, -0.15) is 4.31 Å². The summed E-state index contributed by atoms with van der Waals surface area (Å²) in [6, 6.07) is 1.06. The van der Waals surface area contributed by atoms with Crippen LogP contribution in [-0.4, -0.2) is 66.8 Å². The lowest BCUT2D eigenvalue weighted by Gasteiger charge is -2.36. The first-order chi connectivity index (χ1) is 13.6. The van der Waals surface area contributed by atoms with Crippen LogP contribution < -0.4 is 11.1 Å². The predicted molar refractivity (Wildman–Crippen MR) is 107 cm³/mol. The van der Waals surface area contributed by atoms with Gasteiger partial charge in [0.2, 0.25) is 15.9 Å². The summed E-state index contributed by atoms with van der Waals surface area (Å²) in [5.74, 6) is -0.622. The molecule has 1 atom stereocenters. The zero-order valence-electron chi connectivity index (χ0n) is 16.3. The normalized spacial score (nSPS) is 17.2. The number of thiophene rings is 1. The molecule has 12 heteroatoms. The Hall–Kier alpha value is -2.28. The van der Waals surface area contributed by atoms with Crippen molar-refractivity contribution < 1.29 is 22.5 Å². The van der Waals surface area contributed by atoms with E-state index in [2.05, 4.69) is 10.5 Å². The van der Waals surface area contributed by atoms with Gasteiger partial charge < -0.3 is 15.6 Å². The second-order valence-corrected chi connectivity index (χ2v) is 9.58. The van der Waals surface area contributed by atoms with Crippen LogP contribution >= 0.6 is 11.3 Å². The van der Waals surface area contributed by atoms with E-state index >= 15 is 0 Å². The average molecular weight is 442 g/mol. The maximum absolute atomic E-state index is 12.9. The molecule has 3 heterocycles. The molecular formula is C17H23N5O5S2. The molecule has 1 unspecified atom stereocenters. The molecule has 3 N–H and O–H groups in total. The molecule has 0 radical (unpaired) electrons. The summed E-state index contributed by atoms with van der Waals surface area (Å²) >= 11 is 1.22. The average Bonchev–Trinajstić information content (AvgIpc) is 3.27. The smallest absolute Gasteiger partial charge is 0.251 e. The summed E-state index contributed by atoms with van der Waals surface area (Å²) in [5.41, 5.74) is 5.91. The standard InChI is InChI=1S/C17H23N5O5S2/c1-10-14(12(3)27-20-10)29(25,26)22-7-5-21(6-8-22)11(2)16(24)19-17-13(15(18)23)4-9-28-17/h4,9,11H,5-8H2,1-3H3,(H2,18,23)(H,19,24). The van der Waals surface area contributed by atoms with Gasteiger partial charge in [0.05, 0.1) is 11.6 Å². The van der Waals surface area contributed by atoms with Gasteiger partial charge in [-0.05, 0) is 32.2 Å². The fourth-order valence-electron chi connectivity index (χ4n) is 3.29. The Kier molecular flexibility index (Phi) is 6.08. The number of sulfonamides is 1. The van der Waals surface area contributed by atoms with E-state index in [1.54, 1.807) is 32.2 Å². The third-order valence-corrected chi connectivity index (χ3v) is 7.91. The van der Waals surface area contributed by atoms with Gasteiger partial charge in [-0.1, -0.05) is 5.16 Å². The van der Waals surface area contributed by atoms with Crippen molar-refractivity contribution >= 4 is 38.2 Å². The zero-order chi connectivity index (χ0) is 21.3. The van der Waals surface area contributed by atoms with Crippen LogP contribution in [0.3, 0.4) is 0 Å². The summed E-state index contributed by atoms with van der Waals surface area (Å²) in [6.07, 6.45) is 0. The number of primary amides is 1. The molecule has 10 nitrogen and oxygen atoms in total. The maximum atomic E-state index is 12.9. The minimum atomic E-state index is -3.71. The lowest BCUT2D eigenvalue weighted by molar-refractivity contribution is -0.121. The van der Waals surface area contributed by atoms with Gasteiger partial charge >= 0.3 is 0 Å². The quantitative estimate of drug-likeness (QED) is 0.675. The molecule has 0 bridgehead atoms. The number of hydrogen-bond donors (Lipinski definition) is 2. The molecule has 0 aliphatic carbocycles. The summed E-state index contributed by atoms with van der Waals surface area (Å²) < 4.78 is 32.2. The number of amides is 2. The van der Waals surface area contributed by atoms with E-state index in [1.807, 2.05) is 4.90 Å². The number of nitrogens with zero attached hydrogens (tertiary/aromatic N) is 3. The highest BCUT2D eigenvalue weighted by Gasteiger charge is 2.35. The van der Waals surface area contributed by atoms with Gasteiger partial charge in [0.25, 0.3) is 5.91 Å². The van der Waals surface area contributed by atoms with E-state index in [4.69, 9.17) is 10.3 Å². The Morgan fingerprint density at radius 3 is 2.48 bits per heavy atom. The molecule has 3 rings (SSSR count). The summed E-state index contributed by atoms with van der Waals surface area (Å²) in [5, 5.41) is 8.55. The highest BCUT2D eigenvalue weighted by Crippen LogP contribution is 2.25. The molecule has 1 saturated heterocycles. The number of carbonyl (C=O) groups excluding carboxylic acids is 2. The fraction of sp³-hybridized carbons (Fsp3) is 0.471. The van der Waals surface area contributed by atoms with Gasteiger partial charge in [0, 0.05) is 26.2 Å². The van der Waals surface area contributed by atoms with Crippen LogP contribution in [0, 0.1) is 13.8 Å². The third-order valence-electron chi connectivity index (χ3n) is 4.93. The molecule has 29 heavy (non-hydrogen) atoms. The third kappa shape index (κ3) is 4.20. The van der Waals surface area contributed by atoms with Crippen LogP contribution in [0.15, 0.2) is 20.9 Å². The Balaban J connectivity index is 1.63. The first-order valence-corrected chi connectivity index (χ1v) is 11.3. The van der Waals surface area contributed by atoms with Crippen LogP contribution in [0.1, 0.15) is 28.7 Å². The van der Waals surface area contributed by atoms with Crippen molar-refractivity contribution in [2.45, 2.75) is 31.7 Å². The molecule has 1 fully saturated rings. The lowest BCUT2D eigenvalue weighted by Crippen LogP contribution is -2.54. The van der Waals surface area contributed by atoms with Crippen LogP contribution in [0.4, 0.5) is 5.00 Å². The van der Waals surface area contributed by atoms with Crippen molar-refractivity contribution in [2.24, 2.45) is 5.73 Å². The summed E-state index contributed by atoms with van der Waals surface area (Å²) in [7, 11) is -3.71. The van der Waals surface area contributed by atoms with Crippen LogP contribution in [-0.2, 0) is 14.8 Å². The summed E-state index contributed by atoms with van der Waals surface area (Å²) in [6.45, 7) is 6.18. The fourth-order valence-corrected chi connectivity index (χ4v) is 5.79. The van der Waals surface area contributed by atoms with Gasteiger partial charge in [0.15, 0.2) is 5.76 Å². The van der Waals surface area contributed by atoms with Crippen LogP contribution in [0.2, 0.25) is 0 Å². The molecular weight excluding hydrogens is 418 g/mol. The number of aryl methyl sites for hydroxylation is 2. The summed E-state index contributed by atoms with van der Waals surface area (Å²) in [4.78, 5) is 26.0. The van der Waals surface area contributed by atoms with E-state index in [0.717, 1.165) is 0 Å². The largest absolute Gasteiger partial charge is 0.366 e. The number of anilines is 1. The number of nitrogens with one attached hydrogen (secondary N) is 1. The predicted octanol–water partition coefficient (Wildman–Crippen LogP) is 0.785. The van der Waals surface area contributed by atoms with E-state index in [9.17, 15) is 18.0 Å². The van der Waals surface area contributed by atoms with E-state index in [-0.39, 0.29) is 35.2 Å². The van der Waals surface area contributed by atoms with E-state index in [1.165, 1.54) is 15.6 Å². The van der Waals surface area contributed by atoms with Crippen molar-refractivity contribution in [3.8, 4) is 0 Å². The Morgan fingerprint density at radius 2 is 1.93 bits per heavy atom. The highest BCUT2D eigenvalue weighted by molar-refractivity contribution is 7.89. The molecule has 1 aliphatic rings. The van der Waals surface area contributed by atoms with Gasteiger partial charge in [-0.15, -0.1) is 11.3 Å². The van der Waals surface area contributed by atoms with E-state index in [0.29, 0.717) is 23.8 Å². The van der Waals surface area contributed by atoms with Crippen molar-refractivity contribution in [1.29, 1.82) is 0 Å². The van der Waals surface area contributed by atoms with Gasteiger partial charge in [0.1, 0.15) is 15.6 Å². The molecule has 1 aliphatic heterocycles. The number of nitrogens with two attached hydrogens (primary N) is 1. The Bertz CT molecular complexity index is 1000. The molecule has 2 aromatic rings. The second-order valence-electron chi connectivity index (χ2n) is 6.79. The van der Waals surface area contributed by atoms with Crippen molar-refractivity contribution in [3.05, 3.63) is 28.5 Å². The molecule has 0 saturated carbocycles. The van der Waals surface area contributed by atoms with Crippen LogP contribution in [0.25, 0.3) is 0 Å². The van der Waals surface area contributed by atoms with Crippen molar-refractivity contribution in [2.75, 3.05) is 31.5 Å². The minimum Gasteiger partial charge on any atom is -0.366 e. The number of rotatable bonds is 6.